The third-order valence-electron chi connectivity index (χ3n) is 3.30. The van der Waals surface area contributed by atoms with Crippen LogP contribution in [-0.4, -0.2) is 5.91 Å². The summed E-state index contributed by atoms with van der Waals surface area (Å²) in [5.41, 5.74) is 1.44. The topological polar surface area (TPSA) is 89.9 Å². The molecule has 0 unspecified atom stereocenters. The van der Waals surface area contributed by atoms with Gasteiger partial charge < -0.3 is 9.73 Å². The van der Waals surface area contributed by atoms with Crippen molar-refractivity contribution in [2.45, 2.75) is 0 Å². The lowest BCUT2D eigenvalue weighted by Gasteiger charge is -2.07. The van der Waals surface area contributed by atoms with Crippen LogP contribution in [0.25, 0.3) is 11.0 Å². The number of fused-ring (bicyclic) bond motifs is 1. The molecule has 2 aromatic carbocycles. The summed E-state index contributed by atoms with van der Waals surface area (Å²) in [7, 11) is 0. The van der Waals surface area contributed by atoms with E-state index < -0.39 is 5.91 Å². The van der Waals surface area contributed by atoms with E-state index in [1.165, 1.54) is 0 Å². The van der Waals surface area contributed by atoms with Crippen molar-refractivity contribution in [3.63, 3.8) is 0 Å². The van der Waals surface area contributed by atoms with Gasteiger partial charge in [-0.15, -0.1) is 0 Å². The quantitative estimate of drug-likeness (QED) is 0.604. The van der Waals surface area contributed by atoms with Gasteiger partial charge in [0.25, 0.3) is 5.91 Å². The van der Waals surface area contributed by atoms with E-state index in [2.05, 4.69) is 37.2 Å². The van der Waals surface area contributed by atoms with Crippen molar-refractivity contribution >= 4 is 54.4 Å². The van der Waals surface area contributed by atoms with Crippen LogP contribution in [0.2, 0.25) is 0 Å². The Morgan fingerprint density at radius 1 is 1.17 bits per heavy atom. The van der Waals surface area contributed by atoms with Crippen LogP contribution in [0.3, 0.4) is 0 Å². The molecule has 0 atom stereocenters. The molecule has 2 N–H and O–H groups in total. The van der Waals surface area contributed by atoms with E-state index in [-0.39, 0.29) is 11.1 Å². The standard InChI is InChI=1S/C17H9Br2N3O2/c18-11-5-10-6-13(16(21)24-15(10)14(19)7-11)17(23)22-12-3-1-9(8-20)2-4-12/h1-7,21H,(H,22,23). The molecule has 7 heteroatoms. The van der Waals surface area contributed by atoms with Crippen molar-refractivity contribution in [2.75, 3.05) is 5.32 Å². The first kappa shape index (κ1) is 16.4. The second-order valence-electron chi connectivity index (χ2n) is 4.94. The Kier molecular flexibility index (Phi) is 4.51. The summed E-state index contributed by atoms with van der Waals surface area (Å²) >= 11 is 6.76. The second kappa shape index (κ2) is 6.59. The van der Waals surface area contributed by atoms with Crippen LogP contribution < -0.4 is 10.9 Å². The highest BCUT2D eigenvalue weighted by molar-refractivity contribution is 9.11. The Hall–Kier alpha value is -2.43. The van der Waals surface area contributed by atoms with E-state index >= 15 is 0 Å². The van der Waals surface area contributed by atoms with Crippen LogP contribution in [0.15, 0.2) is 55.8 Å². The predicted molar refractivity (Wildman–Crippen MR) is 96.6 cm³/mol. The zero-order valence-corrected chi connectivity index (χ0v) is 15.2. The van der Waals surface area contributed by atoms with Crippen molar-refractivity contribution in [1.82, 2.24) is 0 Å². The van der Waals surface area contributed by atoms with Gasteiger partial charge in [0, 0.05) is 15.5 Å². The molecule has 0 aliphatic carbocycles. The first-order valence-electron chi connectivity index (χ1n) is 6.77. The van der Waals surface area contributed by atoms with Gasteiger partial charge in [-0.05, 0) is 58.4 Å². The molecular formula is C17H9Br2N3O2. The summed E-state index contributed by atoms with van der Waals surface area (Å²) in [4.78, 5) is 12.4. The molecule has 0 aliphatic heterocycles. The van der Waals surface area contributed by atoms with Crippen molar-refractivity contribution in [3.8, 4) is 6.07 Å². The third-order valence-corrected chi connectivity index (χ3v) is 4.35. The van der Waals surface area contributed by atoms with Gasteiger partial charge >= 0.3 is 0 Å². The fourth-order valence-corrected chi connectivity index (χ4v) is 3.51. The Balaban J connectivity index is 1.98. The number of benzene rings is 2. The fraction of sp³-hybridized carbons (Fsp3) is 0. The van der Waals surface area contributed by atoms with E-state index in [1.807, 2.05) is 18.2 Å². The minimum Gasteiger partial charge on any atom is -0.437 e. The van der Waals surface area contributed by atoms with Gasteiger partial charge in [-0.25, -0.2) is 0 Å². The molecule has 24 heavy (non-hydrogen) atoms. The molecule has 3 rings (SSSR count). The molecule has 3 aromatic rings. The van der Waals surface area contributed by atoms with Crippen molar-refractivity contribution in [3.05, 3.63) is 68.1 Å². The molecule has 0 saturated carbocycles. The van der Waals surface area contributed by atoms with E-state index in [0.717, 1.165) is 4.47 Å². The molecule has 1 amide bonds. The summed E-state index contributed by atoms with van der Waals surface area (Å²) in [6.45, 7) is 0. The van der Waals surface area contributed by atoms with Crippen molar-refractivity contribution < 1.29 is 9.21 Å². The maximum atomic E-state index is 12.4. The van der Waals surface area contributed by atoms with Gasteiger partial charge in [0.2, 0.25) is 5.55 Å². The average Bonchev–Trinajstić information content (AvgIpc) is 2.55. The van der Waals surface area contributed by atoms with Gasteiger partial charge in [-0.2, -0.15) is 5.26 Å². The number of amides is 1. The number of carbonyl (C=O) groups excluding carboxylic acids is 1. The number of hydrogen-bond donors (Lipinski definition) is 2. The van der Waals surface area contributed by atoms with Gasteiger partial charge in [-0.3, -0.25) is 10.2 Å². The summed E-state index contributed by atoms with van der Waals surface area (Å²) in [6.07, 6.45) is 0. The number of carbonyl (C=O) groups is 1. The normalized spacial score (nSPS) is 10.4. The van der Waals surface area contributed by atoms with Gasteiger partial charge in [-0.1, -0.05) is 15.9 Å². The SMILES string of the molecule is N#Cc1ccc(NC(=O)c2cc3cc(Br)cc(Br)c3oc2=N)cc1. The first-order chi connectivity index (χ1) is 11.5. The Morgan fingerprint density at radius 2 is 1.88 bits per heavy atom. The largest absolute Gasteiger partial charge is 0.437 e. The summed E-state index contributed by atoms with van der Waals surface area (Å²) < 4.78 is 6.99. The summed E-state index contributed by atoms with van der Waals surface area (Å²) in [5.74, 6) is -0.452. The van der Waals surface area contributed by atoms with Gasteiger partial charge in [0.15, 0.2) is 5.58 Å². The van der Waals surface area contributed by atoms with Crippen LogP contribution >= 0.6 is 31.9 Å². The minimum absolute atomic E-state index is 0.122. The number of rotatable bonds is 2. The molecule has 1 aromatic heterocycles. The van der Waals surface area contributed by atoms with Crippen molar-refractivity contribution in [2.24, 2.45) is 0 Å². The second-order valence-corrected chi connectivity index (χ2v) is 6.71. The van der Waals surface area contributed by atoms with E-state index in [1.54, 1.807) is 30.3 Å². The van der Waals surface area contributed by atoms with Crippen molar-refractivity contribution in [1.29, 1.82) is 10.7 Å². The van der Waals surface area contributed by atoms with Crippen LogP contribution in [0.1, 0.15) is 15.9 Å². The Morgan fingerprint density at radius 3 is 2.54 bits per heavy atom. The van der Waals surface area contributed by atoms with Gasteiger partial charge in [0.05, 0.1) is 16.1 Å². The van der Waals surface area contributed by atoms with E-state index in [4.69, 9.17) is 15.1 Å². The number of nitrogens with zero attached hydrogens (tertiary/aromatic N) is 1. The van der Waals surface area contributed by atoms with Crippen LogP contribution in [0.5, 0.6) is 0 Å². The summed E-state index contributed by atoms with van der Waals surface area (Å²) in [6, 6.07) is 13.7. The van der Waals surface area contributed by atoms with Crippen LogP contribution in [0.4, 0.5) is 5.69 Å². The third kappa shape index (κ3) is 3.25. The lowest BCUT2D eigenvalue weighted by atomic mass is 10.1. The monoisotopic (exact) mass is 445 g/mol. The lowest BCUT2D eigenvalue weighted by Crippen LogP contribution is -2.20. The molecule has 0 saturated heterocycles. The maximum Gasteiger partial charge on any atom is 0.261 e. The molecule has 1 heterocycles. The fourth-order valence-electron chi connectivity index (χ4n) is 2.17. The molecule has 0 bridgehead atoms. The number of halogens is 2. The highest BCUT2D eigenvalue weighted by atomic mass is 79.9. The van der Waals surface area contributed by atoms with Crippen LogP contribution in [0, 0.1) is 16.7 Å². The molecule has 0 spiro atoms. The van der Waals surface area contributed by atoms with Crippen LogP contribution in [-0.2, 0) is 0 Å². The lowest BCUT2D eigenvalue weighted by molar-refractivity contribution is 0.102. The minimum atomic E-state index is -0.452. The van der Waals surface area contributed by atoms with Gasteiger partial charge in [0.1, 0.15) is 5.56 Å². The molecule has 0 fully saturated rings. The Bertz CT molecular complexity index is 1050. The first-order valence-corrected chi connectivity index (χ1v) is 8.35. The number of anilines is 1. The zero-order chi connectivity index (χ0) is 17.3. The molecule has 5 nitrogen and oxygen atoms in total. The number of hydrogen-bond acceptors (Lipinski definition) is 4. The highest BCUT2D eigenvalue weighted by Crippen LogP contribution is 2.28. The molecule has 118 valence electrons. The number of nitrogens with one attached hydrogen (secondary N) is 2. The summed E-state index contributed by atoms with van der Waals surface area (Å²) in [5, 5.41) is 20.1. The Labute approximate surface area is 153 Å². The zero-order valence-electron chi connectivity index (χ0n) is 12.1. The number of nitriles is 1. The molecule has 0 aliphatic rings. The molecule has 0 radical (unpaired) electrons. The highest BCUT2D eigenvalue weighted by Gasteiger charge is 2.14. The predicted octanol–water partition coefficient (Wildman–Crippen LogP) is 4.56. The van der Waals surface area contributed by atoms with E-state index in [9.17, 15) is 4.79 Å². The average molecular weight is 447 g/mol. The van der Waals surface area contributed by atoms with E-state index in [0.29, 0.717) is 26.7 Å². The maximum absolute atomic E-state index is 12.4. The smallest absolute Gasteiger partial charge is 0.261 e. The molecular weight excluding hydrogens is 438 g/mol.